The van der Waals surface area contributed by atoms with E-state index in [2.05, 4.69) is 36.0 Å². The fourth-order valence-electron chi connectivity index (χ4n) is 5.60. The first-order valence-electron chi connectivity index (χ1n) is 12.2. The Balaban J connectivity index is 1.68. The van der Waals surface area contributed by atoms with Crippen molar-refractivity contribution >= 4 is 39.4 Å². The van der Waals surface area contributed by atoms with Crippen LogP contribution in [0.5, 0.6) is 0 Å². The molecule has 2 aliphatic rings. The van der Waals surface area contributed by atoms with Gasteiger partial charge in [-0.1, -0.05) is 31.5 Å². The molecule has 2 aliphatic heterocycles. The van der Waals surface area contributed by atoms with Crippen molar-refractivity contribution in [1.82, 2.24) is 9.47 Å². The largest absolute Gasteiger partial charge is 0.464 e. The molecule has 1 atom stereocenters. The highest BCUT2D eigenvalue weighted by molar-refractivity contribution is 6.11. The molecule has 36 heavy (non-hydrogen) atoms. The molecule has 0 spiro atoms. The number of nitrogens with zero attached hydrogens (tertiary/aromatic N) is 2. The molecule has 0 saturated carbocycles. The van der Waals surface area contributed by atoms with E-state index in [1.54, 1.807) is 6.07 Å². The number of anilines is 1. The summed E-state index contributed by atoms with van der Waals surface area (Å²) in [6.45, 7) is 8.56. The number of carbonyl (C=O) groups excluding carboxylic acids is 2. The summed E-state index contributed by atoms with van der Waals surface area (Å²) in [4.78, 5) is 41.2. The number of amides is 2. The number of hydrogen-bond acceptors (Lipinski definition) is 5. The zero-order valence-corrected chi connectivity index (χ0v) is 20.7. The highest BCUT2D eigenvalue weighted by Crippen LogP contribution is 2.46. The molecule has 0 bridgehead atoms. The highest BCUT2D eigenvalue weighted by atomic mass is 16.3. The van der Waals surface area contributed by atoms with Crippen LogP contribution in [0, 0.1) is 12.8 Å². The molecule has 2 aromatic heterocycles. The molecule has 1 N–H and O–H groups in total. The first-order chi connectivity index (χ1) is 17.2. The molecule has 7 heteroatoms. The van der Waals surface area contributed by atoms with Gasteiger partial charge in [0.25, 0.3) is 5.91 Å². The van der Waals surface area contributed by atoms with Gasteiger partial charge in [-0.05, 0) is 42.7 Å². The molecule has 0 fully saturated rings. The van der Waals surface area contributed by atoms with Crippen LogP contribution in [0.15, 0.2) is 69.3 Å². The third-order valence-electron chi connectivity index (χ3n) is 7.15. The fraction of sp³-hybridized carbons (Fsp3) is 0.276. The van der Waals surface area contributed by atoms with Crippen LogP contribution in [-0.4, -0.2) is 27.8 Å². The fourth-order valence-corrected chi connectivity index (χ4v) is 5.60. The maximum Gasteiger partial charge on any atom is 0.259 e. The summed E-state index contributed by atoms with van der Waals surface area (Å²) in [5, 5.41) is 4.91. The van der Waals surface area contributed by atoms with Gasteiger partial charge in [0.2, 0.25) is 5.91 Å². The highest BCUT2D eigenvalue weighted by Gasteiger charge is 2.42. The van der Waals surface area contributed by atoms with Crippen molar-refractivity contribution in [3.63, 3.8) is 0 Å². The van der Waals surface area contributed by atoms with Crippen LogP contribution in [0.2, 0.25) is 0 Å². The second-order valence-corrected chi connectivity index (χ2v) is 10.2. The Kier molecular flexibility index (Phi) is 4.93. The molecule has 0 saturated heterocycles. The zero-order chi connectivity index (χ0) is 25.3. The average molecular weight is 482 g/mol. The van der Waals surface area contributed by atoms with Gasteiger partial charge in [-0.2, -0.15) is 0 Å². The lowest BCUT2D eigenvalue weighted by Gasteiger charge is -2.19. The number of benzene rings is 2. The summed E-state index contributed by atoms with van der Waals surface area (Å²) >= 11 is 0. The third-order valence-corrected chi connectivity index (χ3v) is 7.15. The van der Waals surface area contributed by atoms with Crippen LogP contribution in [0.25, 0.3) is 21.9 Å². The van der Waals surface area contributed by atoms with Crippen molar-refractivity contribution in [2.45, 2.75) is 40.2 Å². The van der Waals surface area contributed by atoms with E-state index in [1.165, 1.54) is 18.1 Å². The quantitative estimate of drug-likeness (QED) is 0.449. The van der Waals surface area contributed by atoms with E-state index in [1.807, 2.05) is 31.2 Å². The first kappa shape index (κ1) is 22.3. The Morgan fingerprint density at radius 2 is 1.97 bits per heavy atom. The van der Waals surface area contributed by atoms with E-state index >= 15 is 0 Å². The number of hydrogen-bond donors (Lipinski definition) is 1. The molecule has 182 valence electrons. The summed E-state index contributed by atoms with van der Waals surface area (Å²) < 4.78 is 8.13. The second kappa shape index (κ2) is 7.95. The molecule has 2 aromatic carbocycles. The van der Waals surface area contributed by atoms with Crippen LogP contribution in [0.3, 0.4) is 0 Å². The predicted molar refractivity (Wildman–Crippen MR) is 139 cm³/mol. The van der Waals surface area contributed by atoms with Crippen molar-refractivity contribution in [2.24, 2.45) is 5.92 Å². The van der Waals surface area contributed by atoms with Gasteiger partial charge in [0, 0.05) is 42.0 Å². The lowest BCUT2D eigenvalue weighted by molar-refractivity contribution is -0.139. The summed E-state index contributed by atoms with van der Waals surface area (Å²) in [6.07, 6.45) is 3.54. The smallest absolute Gasteiger partial charge is 0.259 e. The van der Waals surface area contributed by atoms with Gasteiger partial charge < -0.3 is 14.3 Å². The predicted octanol–water partition coefficient (Wildman–Crippen LogP) is 4.91. The molecule has 0 radical (unpaired) electrons. The third kappa shape index (κ3) is 3.22. The van der Waals surface area contributed by atoms with Gasteiger partial charge in [-0.3, -0.25) is 19.3 Å². The Bertz CT molecular complexity index is 1690. The number of nitrogens with one attached hydrogen (secondary N) is 1. The number of fused-ring (bicyclic) bond motifs is 1. The lowest BCUT2D eigenvalue weighted by Crippen LogP contribution is -2.33. The van der Waals surface area contributed by atoms with Gasteiger partial charge in [-0.25, -0.2) is 0 Å². The number of aryl methyl sites for hydroxylation is 1. The van der Waals surface area contributed by atoms with Crippen LogP contribution in [-0.2, 0) is 16.1 Å². The van der Waals surface area contributed by atoms with Crippen LogP contribution in [0.1, 0.15) is 43.4 Å². The summed E-state index contributed by atoms with van der Waals surface area (Å²) in [6, 6.07) is 11.5. The van der Waals surface area contributed by atoms with Gasteiger partial charge in [0.05, 0.1) is 35.2 Å². The molecule has 0 aliphatic carbocycles. The van der Waals surface area contributed by atoms with Crippen molar-refractivity contribution in [3.8, 4) is 0 Å². The average Bonchev–Trinajstić information content (AvgIpc) is 3.30. The van der Waals surface area contributed by atoms with Gasteiger partial charge in [0.1, 0.15) is 5.58 Å². The molecular formula is C29H27N3O4. The number of aromatic nitrogens is 1. The molecule has 1 unspecified atom stereocenters. The molecular weight excluding hydrogens is 454 g/mol. The van der Waals surface area contributed by atoms with Crippen molar-refractivity contribution in [2.75, 3.05) is 11.9 Å². The van der Waals surface area contributed by atoms with E-state index in [4.69, 9.17) is 4.42 Å². The number of carbonyl (C=O) groups is 2. The van der Waals surface area contributed by atoms with Crippen molar-refractivity contribution in [1.29, 1.82) is 0 Å². The molecule has 7 nitrogen and oxygen atoms in total. The standard InChI is InChI=1S/C29H27N3O4/c1-15(2)11-31-12-19-25(20-14-36-24-9-8-16(3)10-18(24)28(20)34)27-22(13-32(17(4)33)29(27)35)30-21-6-5-7-23(31)26(19)21/h5-10,12,14-15,25,30H,11,13H2,1-4H3. The van der Waals surface area contributed by atoms with Gasteiger partial charge in [-0.15, -0.1) is 0 Å². The maximum atomic E-state index is 13.9. The van der Waals surface area contributed by atoms with E-state index < -0.39 is 5.92 Å². The topological polar surface area (TPSA) is 84.6 Å². The molecule has 4 heterocycles. The first-order valence-corrected chi connectivity index (χ1v) is 12.2. The summed E-state index contributed by atoms with van der Waals surface area (Å²) in [7, 11) is 0. The molecule has 4 aromatic rings. The number of imide groups is 1. The second-order valence-electron chi connectivity index (χ2n) is 10.2. The summed E-state index contributed by atoms with van der Waals surface area (Å²) in [5.74, 6) is -0.983. The van der Waals surface area contributed by atoms with Crippen LogP contribution < -0.4 is 10.7 Å². The van der Waals surface area contributed by atoms with Crippen LogP contribution in [0.4, 0.5) is 5.69 Å². The number of rotatable bonds is 3. The Morgan fingerprint density at radius 3 is 2.72 bits per heavy atom. The Morgan fingerprint density at radius 1 is 1.17 bits per heavy atom. The van der Waals surface area contributed by atoms with Gasteiger partial charge >= 0.3 is 0 Å². The minimum absolute atomic E-state index is 0.144. The monoisotopic (exact) mass is 481 g/mol. The molecule has 6 rings (SSSR count). The van der Waals surface area contributed by atoms with Crippen molar-refractivity contribution < 1.29 is 14.0 Å². The van der Waals surface area contributed by atoms with E-state index in [-0.39, 0.29) is 23.8 Å². The van der Waals surface area contributed by atoms with E-state index in [0.29, 0.717) is 33.7 Å². The summed E-state index contributed by atoms with van der Waals surface area (Å²) in [5.41, 5.74) is 5.48. The van der Waals surface area contributed by atoms with Gasteiger partial charge in [0.15, 0.2) is 5.43 Å². The molecule has 2 amide bonds. The SMILES string of the molecule is CC(=O)N1CC2=C(C1=O)C(c1coc3ccc(C)cc3c1=O)c1cn(CC(C)C)c3cccc(c13)N2. The van der Waals surface area contributed by atoms with E-state index in [9.17, 15) is 14.4 Å². The minimum atomic E-state index is -0.676. The Labute approximate surface area is 208 Å². The van der Waals surface area contributed by atoms with Crippen LogP contribution >= 0.6 is 0 Å². The van der Waals surface area contributed by atoms with E-state index in [0.717, 1.165) is 34.3 Å². The Hall–Kier alpha value is -4.13. The normalized spacial score (nSPS) is 17.2. The zero-order valence-electron chi connectivity index (χ0n) is 20.7. The lowest BCUT2D eigenvalue weighted by atomic mass is 9.84. The maximum absolute atomic E-state index is 13.9. The minimum Gasteiger partial charge on any atom is -0.464 e. The van der Waals surface area contributed by atoms with Crippen molar-refractivity contribution in [3.05, 3.63) is 87.0 Å².